The van der Waals surface area contributed by atoms with E-state index in [1.807, 2.05) is 6.20 Å². The Kier molecular flexibility index (Phi) is 2.52. The van der Waals surface area contributed by atoms with Crippen LogP contribution >= 0.6 is 0 Å². The topological polar surface area (TPSA) is 55.1 Å². The molecule has 14 heavy (non-hydrogen) atoms. The highest BCUT2D eigenvalue weighted by Gasteiger charge is 2.13. The Labute approximate surface area is 82.6 Å². The van der Waals surface area contributed by atoms with Gasteiger partial charge in [0.15, 0.2) is 0 Å². The highest BCUT2D eigenvalue weighted by molar-refractivity contribution is 5.66. The Balaban J connectivity index is 2.10. The molecule has 2 rings (SSSR count). The molecule has 0 saturated carbocycles. The molecule has 0 bridgehead atoms. The van der Waals surface area contributed by atoms with Crippen molar-refractivity contribution in [2.45, 2.75) is 38.6 Å². The first-order valence-corrected chi connectivity index (χ1v) is 5.02. The number of aliphatic carboxylic acids is 1. The van der Waals surface area contributed by atoms with Crippen molar-refractivity contribution in [2.24, 2.45) is 0 Å². The first-order chi connectivity index (χ1) is 6.77. The first-order valence-electron chi connectivity index (χ1n) is 5.02. The minimum atomic E-state index is -0.752. The summed E-state index contributed by atoms with van der Waals surface area (Å²) in [5.74, 6) is 0.181. The van der Waals surface area contributed by atoms with Crippen molar-refractivity contribution < 1.29 is 9.90 Å². The van der Waals surface area contributed by atoms with Gasteiger partial charge < -0.3 is 9.67 Å². The van der Waals surface area contributed by atoms with Gasteiger partial charge in [0.25, 0.3) is 0 Å². The summed E-state index contributed by atoms with van der Waals surface area (Å²) < 4.78 is 2.17. The van der Waals surface area contributed by atoms with E-state index in [0.717, 1.165) is 18.8 Å². The fourth-order valence-corrected chi connectivity index (χ4v) is 1.92. The molecule has 0 radical (unpaired) electrons. The van der Waals surface area contributed by atoms with E-state index in [0.29, 0.717) is 6.42 Å². The van der Waals surface area contributed by atoms with Gasteiger partial charge in [0.2, 0.25) is 0 Å². The van der Waals surface area contributed by atoms with Crippen LogP contribution in [0, 0.1) is 0 Å². The maximum Gasteiger partial charge on any atom is 0.303 e. The lowest BCUT2D eigenvalue weighted by Crippen LogP contribution is -2.13. The summed E-state index contributed by atoms with van der Waals surface area (Å²) >= 11 is 0. The van der Waals surface area contributed by atoms with Crippen LogP contribution in [0.25, 0.3) is 0 Å². The molecule has 0 aromatic carbocycles. The standard InChI is InChI=1S/C10H14N2O2/c13-10(14)5-4-9-11-7-8-3-1-2-6-12(8)9/h7H,1-6H2,(H,13,14). The summed E-state index contributed by atoms with van der Waals surface area (Å²) in [5.41, 5.74) is 1.26. The Hall–Kier alpha value is -1.32. The van der Waals surface area contributed by atoms with Gasteiger partial charge in [0.1, 0.15) is 5.82 Å². The van der Waals surface area contributed by atoms with E-state index >= 15 is 0 Å². The van der Waals surface area contributed by atoms with Gasteiger partial charge in [-0.3, -0.25) is 4.79 Å². The van der Waals surface area contributed by atoms with Gasteiger partial charge in [0.05, 0.1) is 6.42 Å². The van der Waals surface area contributed by atoms with E-state index in [4.69, 9.17) is 5.11 Å². The number of fused-ring (bicyclic) bond motifs is 1. The molecule has 76 valence electrons. The number of aromatic nitrogens is 2. The first kappa shape index (κ1) is 9.24. The van der Waals surface area contributed by atoms with Crippen molar-refractivity contribution in [2.75, 3.05) is 0 Å². The zero-order valence-corrected chi connectivity index (χ0v) is 8.07. The molecule has 0 saturated heterocycles. The fraction of sp³-hybridized carbons (Fsp3) is 0.600. The molecule has 2 heterocycles. The third kappa shape index (κ3) is 1.78. The number of carboxylic acids is 1. The second-order valence-corrected chi connectivity index (χ2v) is 3.67. The molecule has 1 aliphatic rings. The highest BCUT2D eigenvalue weighted by atomic mass is 16.4. The molecule has 0 amide bonds. The fourth-order valence-electron chi connectivity index (χ4n) is 1.92. The third-order valence-corrected chi connectivity index (χ3v) is 2.65. The average Bonchev–Trinajstić information content (AvgIpc) is 2.58. The Morgan fingerprint density at radius 3 is 3.21 bits per heavy atom. The van der Waals surface area contributed by atoms with Crippen LogP contribution in [0.2, 0.25) is 0 Å². The summed E-state index contributed by atoms with van der Waals surface area (Å²) in [6.07, 6.45) is 6.11. The number of rotatable bonds is 3. The van der Waals surface area contributed by atoms with Crippen molar-refractivity contribution in [3.63, 3.8) is 0 Å². The normalized spacial score (nSPS) is 15.1. The maximum atomic E-state index is 10.4. The van der Waals surface area contributed by atoms with Crippen molar-refractivity contribution >= 4 is 5.97 Å². The van der Waals surface area contributed by atoms with Crippen LogP contribution in [0.4, 0.5) is 0 Å². The largest absolute Gasteiger partial charge is 0.481 e. The maximum absolute atomic E-state index is 10.4. The third-order valence-electron chi connectivity index (χ3n) is 2.65. The van der Waals surface area contributed by atoms with E-state index in [-0.39, 0.29) is 6.42 Å². The Bertz CT molecular complexity index is 344. The summed E-state index contributed by atoms with van der Waals surface area (Å²) in [5, 5.41) is 8.58. The number of aryl methyl sites for hydroxylation is 2. The van der Waals surface area contributed by atoms with Gasteiger partial charge in [-0.1, -0.05) is 0 Å². The minimum absolute atomic E-state index is 0.177. The van der Waals surface area contributed by atoms with Crippen molar-refractivity contribution in [1.82, 2.24) is 9.55 Å². The smallest absolute Gasteiger partial charge is 0.303 e. The highest BCUT2D eigenvalue weighted by Crippen LogP contribution is 2.17. The SMILES string of the molecule is O=C(O)CCc1ncc2n1CCCC2. The van der Waals surface area contributed by atoms with Crippen molar-refractivity contribution in [3.05, 3.63) is 17.7 Å². The number of imidazole rings is 1. The van der Waals surface area contributed by atoms with E-state index in [9.17, 15) is 4.79 Å². The van der Waals surface area contributed by atoms with E-state index in [2.05, 4.69) is 9.55 Å². The molecular weight excluding hydrogens is 180 g/mol. The lowest BCUT2D eigenvalue weighted by atomic mass is 10.1. The molecule has 1 N–H and O–H groups in total. The second-order valence-electron chi connectivity index (χ2n) is 3.67. The molecule has 4 nitrogen and oxygen atoms in total. The second kappa shape index (κ2) is 3.82. The quantitative estimate of drug-likeness (QED) is 0.787. The van der Waals surface area contributed by atoms with Crippen LogP contribution in [-0.2, 0) is 24.2 Å². The molecular formula is C10H14N2O2. The Morgan fingerprint density at radius 2 is 2.43 bits per heavy atom. The van der Waals surface area contributed by atoms with E-state index in [1.165, 1.54) is 18.5 Å². The molecule has 0 aliphatic carbocycles. The molecule has 0 fully saturated rings. The average molecular weight is 194 g/mol. The van der Waals surface area contributed by atoms with Gasteiger partial charge in [-0.05, 0) is 19.3 Å². The molecule has 1 aromatic rings. The van der Waals surface area contributed by atoms with Crippen LogP contribution in [0.3, 0.4) is 0 Å². The number of nitrogens with zero attached hydrogens (tertiary/aromatic N) is 2. The van der Waals surface area contributed by atoms with Gasteiger partial charge >= 0.3 is 5.97 Å². The molecule has 1 aliphatic heterocycles. The van der Waals surface area contributed by atoms with Crippen LogP contribution in [0.1, 0.15) is 30.8 Å². The zero-order chi connectivity index (χ0) is 9.97. The minimum Gasteiger partial charge on any atom is -0.481 e. The summed E-state index contributed by atoms with van der Waals surface area (Å²) in [4.78, 5) is 14.7. The predicted molar refractivity (Wildman–Crippen MR) is 51.1 cm³/mol. The van der Waals surface area contributed by atoms with Crippen LogP contribution < -0.4 is 0 Å². The van der Waals surface area contributed by atoms with Gasteiger partial charge in [-0.25, -0.2) is 4.98 Å². The van der Waals surface area contributed by atoms with E-state index < -0.39 is 5.97 Å². The van der Waals surface area contributed by atoms with E-state index in [1.54, 1.807) is 0 Å². The van der Waals surface area contributed by atoms with Crippen LogP contribution in [-0.4, -0.2) is 20.6 Å². The molecule has 0 atom stereocenters. The summed E-state index contributed by atoms with van der Waals surface area (Å²) in [6.45, 7) is 1.00. The van der Waals surface area contributed by atoms with Crippen LogP contribution in [0.15, 0.2) is 6.20 Å². The van der Waals surface area contributed by atoms with Gasteiger partial charge in [0, 0.05) is 24.9 Å². The van der Waals surface area contributed by atoms with Gasteiger partial charge in [-0.15, -0.1) is 0 Å². The monoisotopic (exact) mass is 194 g/mol. The Morgan fingerprint density at radius 1 is 1.57 bits per heavy atom. The van der Waals surface area contributed by atoms with Gasteiger partial charge in [-0.2, -0.15) is 0 Å². The number of carboxylic acid groups (broad SMARTS) is 1. The number of hydrogen-bond acceptors (Lipinski definition) is 2. The zero-order valence-electron chi connectivity index (χ0n) is 8.07. The molecule has 4 heteroatoms. The molecule has 0 unspecified atom stereocenters. The van der Waals surface area contributed by atoms with Crippen molar-refractivity contribution in [3.8, 4) is 0 Å². The number of hydrogen-bond donors (Lipinski definition) is 1. The number of carbonyl (C=O) groups is 1. The lowest BCUT2D eigenvalue weighted by molar-refractivity contribution is -0.137. The van der Waals surface area contributed by atoms with Crippen LogP contribution in [0.5, 0.6) is 0 Å². The lowest BCUT2D eigenvalue weighted by Gasteiger charge is -2.16. The molecule has 1 aromatic heterocycles. The summed E-state index contributed by atoms with van der Waals surface area (Å²) in [6, 6.07) is 0. The molecule has 0 spiro atoms. The van der Waals surface area contributed by atoms with Crippen molar-refractivity contribution in [1.29, 1.82) is 0 Å². The predicted octanol–water partition coefficient (Wildman–Crippen LogP) is 1.24. The summed E-state index contributed by atoms with van der Waals surface area (Å²) in [7, 11) is 0.